The topological polar surface area (TPSA) is 77.8 Å². The minimum absolute atomic E-state index is 0.0503. The Morgan fingerprint density at radius 2 is 1.75 bits per heavy atom. The number of nitrogens with zero attached hydrogens (tertiary/aromatic N) is 1. The third-order valence-corrected chi connectivity index (χ3v) is 3.33. The predicted molar refractivity (Wildman–Crippen MR) is 74.3 cm³/mol. The van der Waals surface area contributed by atoms with Crippen LogP contribution in [0.15, 0.2) is 30.3 Å². The fraction of sp³-hybridized carbons (Fsp3) is 0.333. The Morgan fingerprint density at radius 1 is 1.15 bits per heavy atom. The first-order valence-corrected chi connectivity index (χ1v) is 6.54. The number of hydrogen-bond acceptors (Lipinski definition) is 3. The van der Waals surface area contributed by atoms with Gasteiger partial charge in [-0.3, -0.25) is 4.79 Å². The maximum Gasteiger partial charge on any atom is 0.328 e. The van der Waals surface area contributed by atoms with Gasteiger partial charge in [-0.2, -0.15) is 0 Å². The summed E-state index contributed by atoms with van der Waals surface area (Å²) in [5.74, 6) is -1.05. The van der Waals surface area contributed by atoms with E-state index in [1.165, 1.54) is 6.08 Å². The zero-order chi connectivity index (χ0) is 14.5. The highest BCUT2D eigenvalue weighted by atomic mass is 16.4. The van der Waals surface area contributed by atoms with E-state index in [0.717, 1.165) is 11.6 Å². The van der Waals surface area contributed by atoms with Crippen LogP contribution in [0.1, 0.15) is 28.8 Å². The van der Waals surface area contributed by atoms with E-state index < -0.39 is 5.97 Å². The molecule has 0 bridgehead atoms. The summed E-state index contributed by atoms with van der Waals surface area (Å²) in [6.45, 7) is 1.14. The molecule has 5 heteroatoms. The first kappa shape index (κ1) is 14.3. The number of carbonyl (C=O) groups is 2. The SMILES string of the molecule is O=C(O)C=Cc1ccc(C(=O)N2CCC(O)CC2)cc1. The van der Waals surface area contributed by atoms with Gasteiger partial charge < -0.3 is 15.1 Å². The molecule has 1 aromatic rings. The van der Waals surface area contributed by atoms with Gasteiger partial charge in [-0.05, 0) is 36.6 Å². The molecule has 5 nitrogen and oxygen atoms in total. The maximum atomic E-state index is 12.2. The molecule has 1 heterocycles. The number of amides is 1. The quantitative estimate of drug-likeness (QED) is 0.817. The Hall–Kier alpha value is -2.14. The van der Waals surface area contributed by atoms with Crippen LogP contribution in [0.25, 0.3) is 6.08 Å². The van der Waals surface area contributed by atoms with Crippen molar-refractivity contribution in [2.45, 2.75) is 18.9 Å². The van der Waals surface area contributed by atoms with E-state index in [1.807, 2.05) is 0 Å². The highest BCUT2D eigenvalue weighted by Crippen LogP contribution is 2.14. The molecule has 106 valence electrons. The molecule has 0 unspecified atom stereocenters. The normalized spacial score (nSPS) is 16.6. The van der Waals surface area contributed by atoms with E-state index in [2.05, 4.69) is 0 Å². The van der Waals surface area contributed by atoms with Crippen molar-refractivity contribution in [1.29, 1.82) is 0 Å². The molecule has 0 aromatic heterocycles. The van der Waals surface area contributed by atoms with E-state index in [-0.39, 0.29) is 12.0 Å². The molecule has 0 aliphatic carbocycles. The molecule has 1 amide bonds. The lowest BCUT2D eigenvalue weighted by molar-refractivity contribution is -0.131. The van der Waals surface area contributed by atoms with Gasteiger partial charge in [-0.1, -0.05) is 12.1 Å². The smallest absolute Gasteiger partial charge is 0.328 e. The van der Waals surface area contributed by atoms with Crippen LogP contribution < -0.4 is 0 Å². The fourth-order valence-electron chi connectivity index (χ4n) is 2.16. The van der Waals surface area contributed by atoms with Crippen molar-refractivity contribution in [1.82, 2.24) is 4.90 Å². The van der Waals surface area contributed by atoms with Crippen molar-refractivity contribution in [3.05, 3.63) is 41.5 Å². The minimum Gasteiger partial charge on any atom is -0.478 e. The molecular weight excluding hydrogens is 258 g/mol. The summed E-state index contributed by atoms with van der Waals surface area (Å²) in [5.41, 5.74) is 1.31. The molecule has 1 aromatic carbocycles. The number of aliphatic hydroxyl groups is 1. The maximum absolute atomic E-state index is 12.2. The lowest BCUT2D eigenvalue weighted by atomic mass is 10.1. The Labute approximate surface area is 117 Å². The van der Waals surface area contributed by atoms with E-state index in [9.17, 15) is 14.7 Å². The van der Waals surface area contributed by atoms with Gasteiger partial charge in [0.15, 0.2) is 0 Å². The monoisotopic (exact) mass is 275 g/mol. The summed E-state index contributed by atoms with van der Waals surface area (Å²) in [5, 5.41) is 18.0. The van der Waals surface area contributed by atoms with Crippen LogP contribution in [-0.2, 0) is 4.79 Å². The molecule has 1 aliphatic heterocycles. The second-order valence-corrected chi connectivity index (χ2v) is 4.82. The zero-order valence-corrected chi connectivity index (χ0v) is 11.0. The van der Waals surface area contributed by atoms with Crippen LogP contribution in [0.5, 0.6) is 0 Å². The summed E-state index contributed by atoms with van der Waals surface area (Å²) < 4.78 is 0. The lowest BCUT2D eigenvalue weighted by Crippen LogP contribution is -2.40. The largest absolute Gasteiger partial charge is 0.478 e. The Balaban J connectivity index is 2.02. The zero-order valence-electron chi connectivity index (χ0n) is 11.0. The number of rotatable bonds is 3. The summed E-state index contributed by atoms with van der Waals surface area (Å²) in [7, 11) is 0. The van der Waals surface area contributed by atoms with Gasteiger partial charge in [0.2, 0.25) is 0 Å². The summed E-state index contributed by atoms with van der Waals surface area (Å²) in [6, 6.07) is 6.81. The number of carboxylic acids is 1. The van der Waals surface area contributed by atoms with Crippen LogP contribution in [-0.4, -0.2) is 46.2 Å². The number of aliphatic carboxylic acids is 1. The number of carboxylic acid groups (broad SMARTS) is 1. The van der Waals surface area contributed by atoms with Crippen LogP contribution in [0, 0.1) is 0 Å². The molecule has 0 radical (unpaired) electrons. The van der Waals surface area contributed by atoms with Gasteiger partial charge in [0.1, 0.15) is 0 Å². The molecule has 0 saturated carbocycles. The van der Waals surface area contributed by atoms with Crippen molar-refractivity contribution in [2.75, 3.05) is 13.1 Å². The summed E-state index contributed by atoms with van der Waals surface area (Å²) in [4.78, 5) is 24.4. The van der Waals surface area contributed by atoms with Gasteiger partial charge in [0, 0.05) is 24.7 Å². The minimum atomic E-state index is -1.00. The van der Waals surface area contributed by atoms with Crippen LogP contribution >= 0.6 is 0 Å². The number of piperidine rings is 1. The molecule has 2 rings (SSSR count). The molecule has 1 saturated heterocycles. The molecule has 0 spiro atoms. The second kappa shape index (κ2) is 6.34. The first-order chi connectivity index (χ1) is 9.56. The highest BCUT2D eigenvalue weighted by molar-refractivity contribution is 5.94. The predicted octanol–water partition coefficient (Wildman–Crippen LogP) is 1.38. The second-order valence-electron chi connectivity index (χ2n) is 4.82. The molecule has 2 N–H and O–H groups in total. The van der Waals surface area contributed by atoms with Crippen molar-refractivity contribution in [3.8, 4) is 0 Å². The van der Waals surface area contributed by atoms with Crippen LogP contribution in [0.2, 0.25) is 0 Å². The fourth-order valence-corrected chi connectivity index (χ4v) is 2.16. The first-order valence-electron chi connectivity index (χ1n) is 6.54. The molecule has 1 aliphatic rings. The van der Waals surface area contributed by atoms with Crippen molar-refractivity contribution in [3.63, 3.8) is 0 Å². The molecule has 0 atom stereocenters. The van der Waals surface area contributed by atoms with E-state index in [1.54, 1.807) is 29.2 Å². The number of aliphatic hydroxyl groups excluding tert-OH is 1. The molecule has 20 heavy (non-hydrogen) atoms. The van der Waals surface area contributed by atoms with Gasteiger partial charge in [-0.15, -0.1) is 0 Å². The van der Waals surface area contributed by atoms with Gasteiger partial charge in [0.05, 0.1) is 6.10 Å². The average Bonchev–Trinajstić information content (AvgIpc) is 2.46. The lowest BCUT2D eigenvalue weighted by Gasteiger charge is -2.29. The van der Waals surface area contributed by atoms with E-state index in [0.29, 0.717) is 31.5 Å². The van der Waals surface area contributed by atoms with Crippen molar-refractivity contribution in [2.24, 2.45) is 0 Å². The number of likely N-dealkylation sites (tertiary alicyclic amines) is 1. The third kappa shape index (κ3) is 3.68. The van der Waals surface area contributed by atoms with E-state index in [4.69, 9.17) is 5.11 Å². The van der Waals surface area contributed by atoms with Crippen LogP contribution in [0.3, 0.4) is 0 Å². The number of hydrogen-bond donors (Lipinski definition) is 2. The van der Waals surface area contributed by atoms with Gasteiger partial charge in [0.25, 0.3) is 5.91 Å². The Morgan fingerprint density at radius 3 is 2.30 bits per heavy atom. The highest BCUT2D eigenvalue weighted by Gasteiger charge is 2.21. The Kier molecular flexibility index (Phi) is 4.53. The number of benzene rings is 1. The third-order valence-electron chi connectivity index (χ3n) is 3.33. The average molecular weight is 275 g/mol. The van der Waals surface area contributed by atoms with Crippen molar-refractivity contribution < 1.29 is 19.8 Å². The summed E-state index contributed by atoms with van der Waals surface area (Å²) in [6.07, 6.45) is 3.47. The van der Waals surface area contributed by atoms with E-state index >= 15 is 0 Å². The van der Waals surface area contributed by atoms with Crippen LogP contribution in [0.4, 0.5) is 0 Å². The van der Waals surface area contributed by atoms with Crippen molar-refractivity contribution >= 4 is 18.0 Å². The Bertz CT molecular complexity index is 513. The number of carbonyl (C=O) groups excluding carboxylic acids is 1. The molecular formula is C15H17NO4. The van der Waals surface area contributed by atoms with Gasteiger partial charge in [-0.25, -0.2) is 4.79 Å². The molecule has 1 fully saturated rings. The van der Waals surface area contributed by atoms with Gasteiger partial charge >= 0.3 is 5.97 Å². The standard InChI is InChI=1S/C15H17NO4/c17-13-7-9-16(10-8-13)15(20)12-4-1-11(2-5-12)3-6-14(18)19/h1-6,13,17H,7-10H2,(H,18,19). The summed E-state index contributed by atoms with van der Waals surface area (Å²) >= 11 is 0.